The molecule has 0 atom stereocenters. The lowest BCUT2D eigenvalue weighted by molar-refractivity contribution is 0.112. The molecule has 0 spiro atoms. The number of carbonyl (C=O) groups is 1. The fourth-order valence-electron chi connectivity index (χ4n) is 1.50. The highest BCUT2D eigenvalue weighted by Crippen LogP contribution is 2.31. The summed E-state index contributed by atoms with van der Waals surface area (Å²) >= 11 is 0. The van der Waals surface area contributed by atoms with E-state index in [9.17, 15) is 4.79 Å². The van der Waals surface area contributed by atoms with Crippen LogP contribution in [0.1, 0.15) is 15.9 Å². The van der Waals surface area contributed by atoms with Crippen LogP contribution in [0.25, 0.3) is 0 Å². The molecule has 0 fully saturated rings. The Bertz CT molecular complexity index is 647. The van der Waals surface area contributed by atoms with Crippen molar-refractivity contribution in [3.63, 3.8) is 0 Å². The highest BCUT2D eigenvalue weighted by atomic mass is 16.5. The molecule has 94 valence electrons. The van der Waals surface area contributed by atoms with Gasteiger partial charge in [-0.2, -0.15) is 5.26 Å². The van der Waals surface area contributed by atoms with Crippen molar-refractivity contribution in [3.05, 3.63) is 47.8 Å². The van der Waals surface area contributed by atoms with Crippen LogP contribution in [-0.2, 0) is 0 Å². The first-order valence-corrected chi connectivity index (χ1v) is 5.43. The monoisotopic (exact) mass is 254 g/mol. The van der Waals surface area contributed by atoms with Gasteiger partial charge in [0, 0.05) is 17.8 Å². The molecule has 0 saturated heterocycles. The lowest BCUT2D eigenvalue weighted by atomic mass is 10.2. The van der Waals surface area contributed by atoms with Gasteiger partial charge in [-0.05, 0) is 18.2 Å². The minimum absolute atomic E-state index is 0.421. The minimum atomic E-state index is 0.421. The molecule has 0 N–H and O–H groups in total. The predicted octanol–water partition coefficient (Wildman–Crippen LogP) is 2.57. The molecular weight excluding hydrogens is 244 g/mol. The van der Waals surface area contributed by atoms with Crippen molar-refractivity contribution in [2.75, 3.05) is 7.11 Å². The first kappa shape index (κ1) is 12.6. The second kappa shape index (κ2) is 5.65. The van der Waals surface area contributed by atoms with E-state index in [1.165, 1.54) is 19.5 Å². The fraction of sp³-hybridized carbons (Fsp3) is 0.0714. The third kappa shape index (κ3) is 2.87. The largest absolute Gasteiger partial charge is 0.493 e. The Hall–Kier alpha value is -2.87. The Morgan fingerprint density at radius 3 is 2.79 bits per heavy atom. The summed E-state index contributed by atoms with van der Waals surface area (Å²) < 4.78 is 10.7. The normalized spacial score (nSPS) is 9.47. The van der Waals surface area contributed by atoms with Crippen molar-refractivity contribution in [2.45, 2.75) is 0 Å². The van der Waals surface area contributed by atoms with Crippen molar-refractivity contribution in [3.8, 4) is 23.3 Å². The van der Waals surface area contributed by atoms with Gasteiger partial charge in [-0.15, -0.1) is 0 Å². The lowest BCUT2D eigenvalue weighted by Crippen LogP contribution is -1.92. The summed E-state index contributed by atoms with van der Waals surface area (Å²) in [5.74, 6) is 1.31. The highest BCUT2D eigenvalue weighted by Gasteiger charge is 2.07. The van der Waals surface area contributed by atoms with Gasteiger partial charge in [0.15, 0.2) is 17.8 Å². The van der Waals surface area contributed by atoms with Crippen molar-refractivity contribution in [1.82, 2.24) is 4.98 Å². The quantitative estimate of drug-likeness (QED) is 0.784. The molecule has 19 heavy (non-hydrogen) atoms. The molecule has 5 nitrogen and oxygen atoms in total. The Kier molecular flexibility index (Phi) is 3.74. The van der Waals surface area contributed by atoms with Crippen LogP contribution in [0.2, 0.25) is 0 Å². The topological polar surface area (TPSA) is 72.2 Å². The molecule has 0 bridgehead atoms. The number of hydrogen-bond donors (Lipinski definition) is 0. The van der Waals surface area contributed by atoms with E-state index in [1.807, 2.05) is 6.07 Å². The number of nitrogens with zero attached hydrogens (tertiary/aromatic N) is 2. The zero-order chi connectivity index (χ0) is 13.7. The van der Waals surface area contributed by atoms with Crippen LogP contribution in [0.5, 0.6) is 17.2 Å². The number of aromatic nitrogens is 1. The third-order valence-corrected chi connectivity index (χ3v) is 2.39. The second-order valence-electron chi connectivity index (χ2n) is 3.65. The average molecular weight is 254 g/mol. The molecule has 2 aromatic rings. The lowest BCUT2D eigenvalue weighted by Gasteiger charge is -2.10. The highest BCUT2D eigenvalue weighted by molar-refractivity contribution is 5.74. The number of pyridine rings is 1. The maximum Gasteiger partial charge on any atom is 0.169 e. The fourth-order valence-corrected chi connectivity index (χ4v) is 1.50. The van der Waals surface area contributed by atoms with Crippen LogP contribution in [0, 0.1) is 11.3 Å². The van der Waals surface area contributed by atoms with Crippen molar-refractivity contribution >= 4 is 6.29 Å². The average Bonchev–Trinajstić information content (AvgIpc) is 2.48. The van der Waals surface area contributed by atoms with Gasteiger partial charge in [0.2, 0.25) is 0 Å². The maximum absolute atomic E-state index is 10.7. The van der Waals surface area contributed by atoms with Gasteiger partial charge in [0.25, 0.3) is 0 Å². The van der Waals surface area contributed by atoms with E-state index in [-0.39, 0.29) is 0 Å². The van der Waals surface area contributed by atoms with Crippen molar-refractivity contribution < 1.29 is 14.3 Å². The molecule has 0 amide bonds. The summed E-state index contributed by atoms with van der Waals surface area (Å²) in [6.07, 6.45) is 3.62. The molecular formula is C14H10N2O3. The number of methoxy groups -OCH3 is 1. The van der Waals surface area contributed by atoms with Gasteiger partial charge < -0.3 is 9.47 Å². The number of hydrogen-bond acceptors (Lipinski definition) is 5. The summed E-state index contributed by atoms with van der Waals surface area (Å²) in [5.41, 5.74) is 0.897. The van der Waals surface area contributed by atoms with E-state index in [0.29, 0.717) is 34.7 Å². The molecule has 2 rings (SSSR count). The van der Waals surface area contributed by atoms with E-state index in [4.69, 9.17) is 14.7 Å². The van der Waals surface area contributed by atoms with Gasteiger partial charge in [0.05, 0.1) is 24.9 Å². The first-order valence-electron chi connectivity index (χ1n) is 5.43. The number of ether oxygens (including phenoxy) is 2. The van der Waals surface area contributed by atoms with Crippen molar-refractivity contribution in [1.29, 1.82) is 5.26 Å². The van der Waals surface area contributed by atoms with E-state index in [2.05, 4.69) is 4.98 Å². The molecule has 1 heterocycles. The molecule has 0 aliphatic carbocycles. The molecule has 5 heteroatoms. The number of aldehydes is 1. The van der Waals surface area contributed by atoms with Crippen LogP contribution in [-0.4, -0.2) is 18.4 Å². The van der Waals surface area contributed by atoms with Gasteiger partial charge in [0.1, 0.15) is 5.75 Å². The van der Waals surface area contributed by atoms with Gasteiger partial charge >= 0.3 is 0 Å². The van der Waals surface area contributed by atoms with Crippen LogP contribution >= 0.6 is 0 Å². The SMILES string of the molecule is COc1cc(C#N)ccc1Oc1cncc(C=O)c1. The Balaban J connectivity index is 2.32. The molecule has 0 aliphatic rings. The molecule has 1 aromatic carbocycles. The van der Waals surface area contributed by atoms with E-state index in [0.717, 1.165) is 0 Å². The second-order valence-corrected chi connectivity index (χ2v) is 3.65. The van der Waals surface area contributed by atoms with Gasteiger partial charge in [-0.25, -0.2) is 0 Å². The standard InChI is InChI=1S/C14H10N2O3/c1-18-14-5-10(6-15)2-3-13(14)19-12-4-11(9-17)7-16-8-12/h2-5,7-9H,1H3. The number of rotatable bonds is 4. The van der Waals surface area contributed by atoms with Crippen LogP contribution in [0.15, 0.2) is 36.7 Å². The zero-order valence-corrected chi connectivity index (χ0v) is 10.2. The summed E-state index contributed by atoms with van der Waals surface area (Å²) in [6.45, 7) is 0. The zero-order valence-electron chi connectivity index (χ0n) is 10.2. The first-order chi connectivity index (χ1) is 9.26. The Morgan fingerprint density at radius 2 is 2.11 bits per heavy atom. The van der Waals surface area contributed by atoms with E-state index >= 15 is 0 Å². The van der Waals surface area contributed by atoms with Gasteiger partial charge in [-0.3, -0.25) is 9.78 Å². The van der Waals surface area contributed by atoms with E-state index in [1.54, 1.807) is 24.3 Å². The van der Waals surface area contributed by atoms with Crippen LogP contribution in [0.3, 0.4) is 0 Å². The maximum atomic E-state index is 10.7. The molecule has 0 saturated carbocycles. The summed E-state index contributed by atoms with van der Waals surface area (Å²) in [4.78, 5) is 14.6. The number of benzene rings is 1. The Morgan fingerprint density at radius 1 is 1.26 bits per heavy atom. The summed E-state index contributed by atoms with van der Waals surface area (Å²) in [7, 11) is 1.49. The van der Waals surface area contributed by atoms with Crippen molar-refractivity contribution in [2.24, 2.45) is 0 Å². The number of nitriles is 1. The summed E-state index contributed by atoms with van der Waals surface area (Å²) in [6, 6.07) is 8.41. The molecule has 1 aromatic heterocycles. The van der Waals surface area contributed by atoms with E-state index < -0.39 is 0 Å². The number of carbonyl (C=O) groups excluding carboxylic acids is 1. The minimum Gasteiger partial charge on any atom is -0.493 e. The van der Waals surface area contributed by atoms with Crippen LogP contribution in [0.4, 0.5) is 0 Å². The third-order valence-electron chi connectivity index (χ3n) is 2.39. The predicted molar refractivity (Wildman–Crippen MR) is 67.4 cm³/mol. The Labute approximate surface area is 110 Å². The molecule has 0 aliphatic heterocycles. The smallest absolute Gasteiger partial charge is 0.169 e. The van der Waals surface area contributed by atoms with Crippen LogP contribution < -0.4 is 9.47 Å². The summed E-state index contributed by atoms with van der Waals surface area (Å²) in [5, 5.41) is 8.81. The molecule has 0 radical (unpaired) electrons. The molecule has 0 unspecified atom stereocenters. The van der Waals surface area contributed by atoms with Gasteiger partial charge in [-0.1, -0.05) is 0 Å².